The van der Waals surface area contributed by atoms with Gasteiger partial charge in [-0.05, 0) is 36.8 Å². The second-order valence-electron chi connectivity index (χ2n) is 5.06. The van der Waals surface area contributed by atoms with Crippen molar-refractivity contribution in [2.75, 3.05) is 5.32 Å². The highest BCUT2D eigenvalue weighted by Gasteiger charge is 2.13. The predicted octanol–water partition coefficient (Wildman–Crippen LogP) is 2.49. The van der Waals surface area contributed by atoms with Crippen LogP contribution in [0.25, 0.3) is 0 Å². The minimum atomic E-state index is -3.78. The average Bonchev–Trinajstić information content (AvgIpc) is 2.50. The number of rotatable bonds is 4. The maximum atomic E-state index is 13.1. The van der Waals surface area contributed by atoms with Gasteiger partial charge in [0.25, 0.3) is 0 Å². The summed E-state index contributed by atoms with van der Waals surface area (Å²) in [6.07, 6.45) is 0. The van der Waals surface area contributed by atoms with Crippen LogP contribution in [0.5, 0.6) is 0 Å². The lowest BCUT2D eigenvalue weighted by atomic mass is 10.1. The average molecular weight is 355 g/mol. The lowest BCUT2D eigenvalue weighted by Crippen LogP contribution is -2.31. The first-order valence-corrected chi connectivity index (χ1v) is 8.37. The fraction of sp³-hybridized carbons (Fsp3) is 0.133. The van der Waals surface area contributed by atoms with Crippen LogP contribution in [-0.4, -0.2) is 14.4 Å². The number of nitrogens with two attached hydrogens (primary N) is 1. The van der Waals surface area contributed by atoms with E-state index >= 15 is 0 Å². The van der Waals surface area contributed by atoms with E-state index in [1.54, 1.807) is 6.92 Å². The van der Waals surface area contributed by atoms with Crippen LogP contribution in [0.15, 0.2) is 47.4 Å². The number of primary sulfonamides is 1. The molecule has 0 aromatic heterocycles. The minimum Gasteiger partial charge on any atom is -0.331 e. The Hall–Kier alpha value is -2.52. The third-order valence-corrected chi connectivity index (χ3v) is 4.16. The second kappa shape index (κ2) is 6.93. The van der Waals surface area contributed by atoms with Crippen LogP contribution in [0.1, 0.15) is 18.5 Å². The van der Waals surface area contributed by atoms with E-state index in [0.29, 0.717) is 5.56 Å². The molecule has 0 bridgehead atoms. The number of hydrogen-bond donors (Lipinski definition) is 3. The summed E-state index contributed by atoms with van der Waals surface area (Å²) >= 11 is 0. The molecule has 24 heavy (non-hydrogen) atoms. The number of urea groups is 1. The summed E-state index contributed by atoms with van der Waals surface area (Å²) in [4.78, 5) is 11.8. The van der Waals surface area contributed by atoms with Crippen molar-refractivity contribution < 1.29 is 22.0 Å². The molecule has 2 amide bonds. The third-order valence-electron chi connectivity index (χ3n) is 3.23. The third kappa shape index (κ3) is 4.49. The number of carbonyl (C=O) groups is 1. The largest absolute Gasteiger partial charge is 0.331 e. The van der Waals surface area contributed by atoms with Crippen molar-refractivity contribution >= 4 is 21.7 Å². The number of sulfonamides is 1. The van der Waals surface area contributed by atoms with Crippen LogP contribution in [0.4, 0.5) is 19.3 Å². The zero-order valence-electron chi connectivity index (χ0n) is 12.6. The van der Waals surface area contributed by atoms with Crippen molar-refractivity contribution in [2.45, 2.75) is 17.9 Å². The zero-order valence-corrected chi connectivity index (χ0v) is 13.4. The molecule has 0 saturated carbocycles. The first kappa shape index (κ1) is 17.8. The highest BCUT2D eigenvalue weighted by atomic mass is 32.2. The van der Waals surface area contributed by atoms with E-state index in [9.17, 15) is 22.0 Å². The summed E-state index contributed by atoms with van der Waals surface area (Å²) in [5.74, 6) is -2.08. The Morgan fingerprint density at radius 1 is 1.08 bits per heavy atom. The van der Waals surface area contributed by atoms with Gasteiger partial charge in [0.15, 0.2) is 11.6 Å². The van der Waals surface area contributed by atoms with Crippen molar-refractivity contribution in [3.63, 3.8) is 0 Å². The first-order chi connectivity index (χ1) is 11.2. The van der Waals surface area contributed by atoms with Crippen molar-refractivity contribution in [1.29, 1.82) is 0 Å². The van der Waals surface area contributed by atoms with Crippen LogP contribution in [0.3, 0.4) is 0 Å². The monoisotopic (exact) mass is 355 g/mol. The SMILES string of the molecule is CC(NC(=O)Nc1ccc(F)c(F)c1)c1ccc(S(N)(=O)=O)cc1. The standard InChI is InChI=1S/C15H15F2N3O3S/c1-9(10-2-5-12(6-3-10)24(18,22)23)19-15(21)20-11-4-7-13(16)14(17)8-11/h2-9H,1H3,(H2,18,22,23)(H2,19,20,21). The van der Waals surface area contributed by atoms with Crippen molar-refractivity contribution in [3.8, 4) is 0 Å². The molecule has 1 unspecified atom stereocenters. The fourth-order valence-electron chi connectivity index (χ4n) is 1.97. The maximum absolute atomic E-state index is 13.1. The topological polar surface area (TPSA) is 101 Å². The maximum Gasteiger partial charge on any atom is 0.319 e. The first-order valence-electron chi connectivity index (χ1n) is 6.82. The molecule has 0 aliphatic carbocycles. The number of nitrogens with one attached hydrogen (secondary N) is 2. The Labute approximate surface area is 137 Å². The number of anilines is 1. The molecule has 0 radical (unpaired) electrons. The lowest BCUT2D eigenvalue weighted by molar-refractivity contribution is 0.249. The number of hydrogen-bond acceptors (Lipinski definition) is 3. The van der Waals surface area contributed by atoms with Crippen LogP contribution in [0, 0.1) is 11.6 Å². The molecular formula is C15H15F2N3O3S. The van der Waals surface area contributed by atoms with Crippen LogP contribution in [0.2, 0.25) is 0 Å². The molecule has 0 fully saturated rings. The molecule has 0 spiro atoms. The molecule has 2 aromatic carbocycles. The summed E-state index contributed by atoms with van der Waals surface area (Å²) in [5.41, 5.74) is 0.742. The molecular weight excluding hydrogens is 340 g/mol. The molecule has 2 aromatic rings. The Kier molecular flexibility index (Phi) is 5.15. The van der Waals surface area contributed by atoms with Gasteiger partial charge in [-0.25, -0.2) is 27.1 Å². The molecule has 128 valence electrons. The number of amides is 2. The van der Waals surface area contributed by atoms with E-state index in [4.69, 9.17) is 5.14 Å². The van der Waals surface area contributed by atoms with Crippen molar-refractivity contribution in [2.24, 2.45) is 5.14 Å². The molecule has 1 atom stereocenters. The molecule has 0 aliphatic heterocycles. The molecule has 9 heteroatoms. The van der Waals surface area contributed by atoms with Crippen LogP contribution in [-0.2, 0) is 10.0 Å². The van der Waals surface area contributed by atoms with Gasteiger partial charge in [0, 0.05) is 11.8 Å². The van der Waals surface area contributed by atoms with Crippen molar-refractivity contribution in [3.05, 3.63) is 59.7 Å². The van der Waals surface area contributed by atoms with Gasteiger partial charge in [-0.2, -0.15) is 0 Å². The quantitative estimate of drug-likeness (QED) is 0.785. The number of halogens is 2. The van der Waals surface area contributed by atoms with Gasteiger partial charge in [-0.3, -0.25) is 0 Å². The molecule has 0 heterocycles. The van der Waals surface area contributed by atoms with E-state index < -0.39 is 33.7 Å². The fourth-order valence-corrected chi connectivity index (χ4v) is 2.48. The van der Waals surface area contributed by atoms with Gasteiger partial charge in [-0.15, -0.1) is 0 Å². The van der Waals surface area contributed by atoms with Crippen LogP contribution >= 0.6 is 0 Å². The second-order valence-corrected chi connectivity index (χ2v) is 6.62. The Balaban J connectivity index is 2.01. The summed E-state index contributed by atoms with van der Waals surface area (Å²) in [6.45, 7) is 1.68. The molecule has 0 aliphatic rings. The van der Waals surface area contributed by atoms with E-state index in [1.165, 1.54) is 30.3 Å². The summed E-state index contributed by atoms with van der Waals surface area (Å²) in [5, 5.41) is 9.97. The molecule has 2 rings (SSSR count). The van der Waals surface area contributed by atoms with E-state index in [-0.39, 0.29) is 10.6 Å². The normalized spacial score (nSPS) is 12.5. The van der Waals surface area contributed by atoms with Crippen molar-refractivity contribution in [1.82, 2.24) is 5.32 Å². The molecule has 6 nitrogen and oxygen atoms in total. The Morgan fingerprint density at radius 3 is 2.25 bits per heavy atom. The number of carbonyl (C=O) groups excluding carboxylic acids is 1. The summed E-state index contributed by atoms with van der Waals surface area (Å²) < 4.78 is 48.3. The highest BCUT2D eigenvalue weighted by molar-refractivity contribution is 7.89. The molecule has 0 saturated heterocycles. The summed E-state index contributed by atoms with van der Waals surface area (Å²) in [6, 6.07) is 7.61. The van der Waals surface area contributed by atoms with E-state index in [0.717, 1.165) is 12.1 Å². The Morgan fingerprint density at radius 2 is 1.71 bits per heavy atom. The van der Waals surface area contributed by atoms with Gasteiger partial charge in [0.2, 0.25) is 10.0 Å². The van der Waals surface area contributed by atoms with Gasteiger partial charge < -0.3 is 10.6 Å². The van der Waals surface area contributed by atoms with Gasteiger partial charge >= 0.3 is 6.03 Å². The van der Waals surface area contributed by atoms with E-state index in [1.807, 2.05) is 0 Å². The molecule has 4 N–H and O–H groups in total. The highest BCUT2D eigenvalue weighted by Crippen LogP contribution is 2.16. The minimum absolute atomic E-state index is 0.0373. The zero-order chi connectivity index (χ0) is 17.9. The van der Waals surface area contributed by atoms with Gasteiger partial charge in [-0.1, -0.05) is 12.1 Å². The smallest absolute Gasteiger partial charge is 0.319 e. The predicted molar refractivity (Wildman–Crippen MR) is 84.7 cm³/mol. The van der Waals surface area contributed by atoms with E-state index in [2.05, 4.69) is 10.6 Å². The number of benzene rings is 2. The van der Waals surface area contributed by atoms with Gasteiger partial charge in [0.1, 0.15) is 0 Å². The summed E-state index contributed by atoms with van der Waals surface area (Å²) in [7, 11) is -3.78. The Bertz CT molecular complexity index is 855. The van der Waals surface area contributed by atoms with Gasteiger partial charge in [0.05, 0.1) is 10.9 Å². The lowest BCUT2D eigenvalue weighted by Gasteiger charge is -2.15. The van der Waals surface area contributed by atoms with Crippen LogP contribution < -0.4 is 15.8 Å².